The molecule has 0 saturated carbocycles. The van der Waals surface area contributed by atoms with E-state index in [9.17, 15) is 39.0 Å². The number of aliphatic hydroxyl groups excluding tert-OH is 1. The SMILES string of the molecule is CC[C@@H]1OC(=O)[C@H](C)[C@H](O[C@@H]2C[C@](C)(OC)[C@H](OC(=O)CCNCCCc3ccc4c(c3)c(=O)c(C(=O)O)cn4CC)[C@H](C)O2)[C@@H](C)[C@H](O[C@@H]2O[C@H](C)C[C@H](N(C)C)[C@@H]2O)[C@](C)(OC)C[C@H](C)C(=O)[C@@H](C)[C@H]2NC(=O)O[C@@]12C. The van der Waals surface area contributed by atoms with Gasteiger partial charge in [0.05, 0.1) is 53.9 Å². The highest BCUT2D eigenvalue weighted by Gasteiger charge is 2.58. The molecule has 0 bridgehead atoms. The summed E-state index contributed by atoms with van der Waals surface area (Å²) in [6.45, 7) is 21.1. The first-order chi connectivity index (χ1) is 36.7. The Morgan fingerprint density at radius 2 is 1.59 bits per heavy atom. The summed E-state index contributed by atoms with van der Waals surface area (Å²) in [5.74, 6) is -5.88. The minimum absolute atomic E-state index is 0.0384. The zero-order chi connectivity index (χ0) is 57.8. The van der Waals surface area contributed by atoms with Gasteiger partial charge >= 0.3 is 24.0 Å². The molecule has 0 radical (unpaired) electrons. The summed E-state index contributed by atoms with van der Waals surface area (Å²) in [5.41, 5.74) is -3.10. The van der Waals surface area contributed by atoms with Crippen molar-refractivity contribution in [3.05, 3.63) is 45.7 Å². The number of aryl methyl sites for hydroxylation is 2. The Morgan fingerprint density at radius 1 is 0.910 bits per heavy atom. The molecule has 78 heavy (non-hydrogen) atoms. The zero-order valence-corrected chi connectivity index (χ0v) is 48.5. The Labute approximate surface area is 458 Å². The number of aromatic carboxylic acids is 1. The van der Waals surface area contributed by atoms with Crippen molar-refractivity contribution in [3.8, 4) is 0 Å². The van der Waals surface area contributed by atoms with Crippen molar-refractivity contribution in [2.24, 2.45) is 23.7 Å². The summed E-state index contributed by atoms with van der Waals surface area (Å²) in [5, 5.41) is 27.9. The van der Waals surface area contributed by atoms with Crippen molar-refractivity contribution in [1.82, 2.24) is 20.1 Å². The van der Waals surface area contributed by atoms with Gasteiger partial charge < -0.3 is 72.9 Å². The second kappa shape index (κ2) is 25.9. The van der Waals surface area contributed by atoms with Gasteiger partial charge in [0.2, 0.25) is 5.43 Å². The van der Waals surface area contributed by atoms with E-state index in [2.05, 4.69) is 10.6 Å². The van der Waals surface area contributed by atoms with Crippen molar-refractivity contribution in [3.63, 3.8) is 0 Å². The van der Waals surface area contributed by atoms with Gasteiger partial charge in [-0.25, -0.2) is 9.59 Å². The topological polar surface area (TPSA) is 258 Å². The number of amides is 1. The predicted molar refractivity (Wildman–Crippen MR) is 287 cm³/mol. The second-order valence-electron chi connectivity index (χ2n) is 23.0. The highest BCUT2D eigenvalue weighted by atomic mass is 16.7. The number of hydrogen-bond donors (Lipinski definition) is 4. The van der Waals surface area contributed by atoms with Crippen LogP contribution in [-0.2, 0) is 70.0 Å². The van der Waals surface area contributed by atoms with E-state index in [1.165, 1.54) is 20.4 Å². The molecule has 18 atom stereocenters. The molecule has 4 saturated heterocycles. The normalized spacial score (nSPS) is 37.0. The number of likely N-dealkylation sites (N-methyl/N-ethyl adjacent to an activating group) is 1. The third-order valence-corrected chi connectivity index (χ3v) is 17.1. The van der Waals surface area contributed by atoms with Crippen LogP contribution in [0.4, 0.5) is 4.79 Å². The van der Waals surface area contributed by atoms with Crippen molar-refractivity contribution >= 4 is 40.7 Å². The first-order valence-electron chi connectivity index (χ1n) is 27.8. The van der Waals surface area contributed by atoms with Crippen LogP contribution in [0.3, 0.4) is 0 Å². The predicted octanol–water partition coefficient (Wildman–Crippen LogP) is 5.39. The number of aliphatic hydroxyl groups is 1. The number of Topliss-reactive ketones (excluding diaryl/α,β-unsaturated/α-hetero) is 1. The minimum atomic E-state index is -1.42. The number of nitrogens with one attached hydrogen (secondary N) is 2. The van der Waals surface area contributed by atoms with Crippen molar-refractivity contribution in [2.45, 2.75) is 212 Å². The van der Waals surface area contributed by atoms with Gasteiger partial charge in [0, 0.05) is 69.1 Å². The number of carboxylic acid groups (broad SMARTS) is 1. The number of fused-ring (bicyclic) bond motifs is 2. The third kappa shape index (κ3) is 13.4. The number of rotatable bonds is 18. The fourth-order valence-electron chi connectivity index (χ4n) is 12.5. The molecule has 6 rings (SSSR count). The van der Waals surface area contributed by atoms with Gasteiger partial charge in [-0.3, -0.25) is 19.2 Å². The first-order valence-corrected chi connectivity index (χ1v) is 27.8. The number of pyridine rings is 1. The molecule has 0 aliphatic carbocycles. The number of esters is 2. The number of alkyl carbamates (subject to hydrolysis) is 1. The molecule has 0 spiro atoms. The van der Waals surface area contributed by atoms with Crippen LogP contribution >= 0.6 is 0 Å². The van der Waals surface area contributed by atoms with E-state index in [4.69, 9.17) is 42.6 Å². The van der Waals surface area contributed by atoms with Crippen LogP contribution in [-0.4, -0.2) is 175 Å². The number of cyclic esters (lactones) is 1. The molecule has 4 aliphatic rings. The third-order valence-electron chi connectivity index (χ3n) is 17.1. The molecule has 21 heteroatoms. The fourth-order valence-corrected chi connectivity index (χ4v) is 12.5. The smallest absolute Gasteiger partial charge is 0.408 e. The van der Waals surface area contributed by atoms with Crippen molar-refractivity contribution < 1.29 is 76.8 Å². The van der Waals surface area contributed by atoms with Crippen LogP contribution in [0.2, 0.25) is 0 Å². The summed E-state index contributed by atoms with van der Waals surface area (Å²) >= 11 is 0. The Balaban J connectivity index is 1.21. The number of methoxy groups -OCH3 is 2. The highest BCUT2D eigenvalue weighted by molar-refractivity contribution is 5.92. The van der Waals surface area contributed by atoms with Gasteiger partial charge in [0.25, 0.3) is 0 Å². The molecule has 4 aliphatic heterocycles. The van der Waals surface area contributed by atoms with Crippen LogP contribution in [0.5, 0.6) is 0 Å². The lowest BCUT2D eigenvalue weighted by Crippen LogP contribution is -2.62. The molecule has 5 heterocycles. The van der Waals surface area contributed by atoms with Gasteiger partial charge in [-0.15, -0.1) is 0 Å². The second-order valence-corrected chi connectivity index (χ2v) is 23.0. The Bertz CT molecular complexity index is 2510. The molecule has 1 aromatic carbocycles. The largest absolute Gasteiger partial charge is 0.477 e. The van der Waals surface area contributed by atoms with E-state index < -0.39 is 125 Å². The summed E-state index contributed by atoms with van der Waals surface area (Å²) in [6.07, 6.45) is -5.41. The molecule has 438 valence electrons. The van der Waals surface area contributed by atoms with Crippen molar-refractivity contribution in [1.29, 1.82) is 0 Å². The number of ether oxygens (including phenoxy) is 9. The quantitative estimate of drug-likeness (QED) is 0.0829. The summed E-state index contributed by atoms with van der Waals surface area (Å²) in [4.78, 5) is 82.6. The standard InChI is InChI=1S/C57H88N4O17/c1-16-41-57(11)48(59-54(69)78-57)32(5)44(63)30(3)27-55(9,70-14)49(77-53-46(65)40(60(12)13)25-31(4)72-53)33(6)47(34(7)52(68)74-41)76-43-28-56(10,71-15)50(35(8)73-43)75-42(62)22-24-58-23-18-19-36-20-21-39-37(26-36)45(64)38(51(66)67)29-61(39)17-2/h20-21,26,29-35,40-41,43,46-50,53,58,65H,16-19,22-25,27-28H2,1-15H3,(H,59,69)(H,66,67)/t30-,31+,32+,33+,34+,35-,40-,41-,43+,46-,47+,48+,49-,50+,53-,55+,56-,57-/m0/s1. The number of carbonyl (C=O) groups is 5. The van der Waals surface area contributed by atoms with Gasteiger partial charge in [-0.05, 0) is 119 Å². The number of carbonyl (C=O) groups excluding carboxylic acids is 4. The minimum Gasteiger partial charge on any atom is -0.477 e. The molecule has 4 N–H and O–H groups in total. The van der Waals surface area contributed by atoms with E-state index >= 15 is 0 Å². The van der Waals surface area contributed by atoms with Crippen LogP contribution in [0.1, 0.15) is 131 Å². The number of aromatic nitrogens is 1. The van der Waals surface area contributed by atoms with E-state index in [-0.39, 0.29) is 49.2 Å². The summed E-state index contributed by atoms with van der Waals surface area (Å²) < 4.78 is 59.5. The van der Waals surface area contributed by atoms with Gasteiger partial charge in [-0.2, -0.15) is 0 Å². The molecule has 4 fully saturated rings. The monoisotopic (exact) mass is 1100 g/mol. The summed E-state index contributed by atoms with van der Waals surface area (Å²) in [6, 6.07) is 4.34. The van der Waals surface area contributed by atoms with E-state index in [0.717, 1.165) is 5.56 Å². The van der Waals surface area contributed by atoms with Crippen LogP contribution in [0, 0.1) is 23.7 Å². The molecule has 1 aromatic heterocycles. The molecule has 0 unspecified atom stereocenters. The molecular formula is C57H88N4O17. The molecule has 1 amide bonds. The van der Waals surface area contributed by atoms with Crippen LogP contribution < -0.4 is 16.1 Å². The average Bonchev–Trinajstić information content (AvgIpc) is 3.78. The molecule has 2 aromatic rings. The maximum atomic E-state index is 14.8. The molecule has 21 nitrogen and oxygen atoms in total. The lowest BCUT2D eigenvalue weighted by molar-refractivity contribution is -0.320. The van der Waals surface area contributed by atoms with E-state index in [1.807, 2.05) is 65.7 Å². The lowest BCUT2D eigenvalue weighted by atomic mass is 9.73. The first kappa shape index (κ1) is 62.6. The molecular weight excluding hydrogens is 1010 g/mol. The Hall–Kier alpha value is -4.58. The highest BCUT2D eigenvalue weighted by Crippen LogP contribution is 2.43. The maximum Gasteiger partial charge on any atom is 0.408 e. The van der Waals surface area contributed by atoms with Gasteiger partial charge in [0.15, 0.2) is 24.3 Å². The maximum absolute atomic E-state index is 14.8. The number of hydrogen-bond acceptors (Lipinski definition) is 18. The van der Waals surface area contributed by atoms with Gasteiger partial charge in [0.1, 0.15) is 29.2 Å². The number of carboxylic acids is 1. The van der Waals surface area contributed by atoms with E-state index in [1.54, 1.807) is 52.2 Å². The number of benzene rings is 1. The summed E-state index contributed by atoms with van der Waals surface area (Å²) in [7, 11) is 6.79. The Morgan fingerprint density at radius 3 is 2.22 bits per heavy atom. The Kier molecular flexibility index (Phi) is 20.8. The fraction of sp³-hybridized carbons (Fsp3) is 0.754. The van der Waals surface area contributed by atoms with Crippen LogP contribution in [0.15, 0.2) is 29.2 Å². The van der Waals surface area contributed by atoms with Gasteiger partial charge in [-0.1, -0.05) is 33.8 Å². The van der Waals surface area contributed by atoms with Crippen LogP contribution in [0.25, 0.3) is 10.9 Å². The average molecular weight is 1100 g/mol. The number of nitrogens with zero attached hydrogens (tertiary/aromatic N) is 2. The van der Waals surface area contributed by atoms with Crippen molar-refractivity contribution in [2.75, 3.05) is 41.4 Å². The zero-order valence-electron chi connectivity index (χ0n) is 48.5. The number of ketones is 1. The van der Waals surface area contributed by atoms with E-state index in [0.29, 0.717) is 49.8 Å². The lowest BCUT2D eigenvalue weighted by Gasteiger charge is -2.50.